The zero-order valence-electron chi connectivity index (χ0n) is 17.3. The number of carbonyl (C=O) groups excluding carboxylic acids is 2. The van der Waals surface area contributed by atoms with Crippen molar-refractivity contribution < 1.29 is 19.1 Å². The molecule has 1 aliphatic rings. The molecular weight excluding hydrogens is 438 g/mol. The predicted octanol–water partition coefficient (Wildman–Crippen LogP) is 3.67. The van der Waals surface area contributed by atoms with Crippen molar-refractivity contribution in [3.63, 3.8) is 0 Å². The van der Waals surface area contributed by atoms with Crippen LogP contribution in [0.3, 0.4) is 0 Å². The average Bonchev–Trinajstić information content (AvgIpc) is 2.76. The number of methoxy groups -OCH3 is 1. The molecule has 162 valence electrons. The average molecular weight is 460 g/mol. The standard InChI is InChI=1S/C22H22ClN3O4S/c1-13-19(21(28)29-3)20(25-22(31)26(13)2)14-5-4-6-16(11-14)24-18(27)12-30-17-9-7-15(23)8-10-17/h4-11,20H,12H2,1-3H3,(H,24,27)(H,25,31). The molecule has 2 aromatic rings. The number of ether oxygens (including phenoxy) is 2. The van der Waals surface area contributed by atoms with Crippen molar-refractivity contribution in [1.29, 1.82) is 0 Å². The minimum Gasteiger partial charge on any atom is -0.484 e. The highest BCUT2D eigenvalue weighted by atomic mass is 35.5. The summed E-state index contributed by atoms with van der Waals surface area (Å²) in [4.78, 5) is 26.5. The summed E-state index contributed by atoms with van der Waals surface area (Å²) < 4.78 is 10.4. The number of thiocarbonyl (C=S) groups is 1. The third kappa shape index (κ3) is 5.34. The Labute approximate surface area is 191 Å². The smallest absolute Gasteiger partial charge is 0.337 e. The molecule has 2 aromatic carbocycles. The summed E-state index contributed by atoms with van der Waals surface area (Å²) in [6.07, 6.45) is 0. The molecule has 1 amide bonds. The number of allylic oxidation sites excluding steroid dienone is 1. The number of halogens is 1. The molecule has 9 heteroatoms. The molecule has 0 aliphatic carbocycles. The van der Waals surface area contributed by atoms with Crippen LogP contribution >= 0.6 is 23.8 Å². The number of anilines is 1. The maximum Gasteiger partial charge on any atom is 0.337 e. The van der Waals surface area contributed by atoms with Crippen LogP contribution in [0.15, 0.2) is 59.8 Å². The third-order valence-corrected chi connectivity index (χ3v) is 5.49. The fraction of sp³-hybridized carbons (Fsp3) is 0.227. The van der Waals surface area contributed by atoms with Crippen LogP contribution < -0.4 is 15.4 Å². The fourth-order valence-corrected chi connectivity index (χ4v) is 3.51. The molecule has 1 aliphatic heterocycles. The lowest BCUT2D eigenvalue weighted by Gasteiger charge is -2.35. The monoisotopic (exact) mass is 459 g/mol. The molecule has 0 aromatic heterocycles. The second-order valence-electron chi connectivity index (χ2n) is 6.85. The summed E-state index contributed by atoms with van der Waals surface area (Å²) in [7, 11) is 3.12. The van der Waals surface area contributed by atoms with E-state index in [4.69, 9.17) is 33.3 Å². The Kier molecular flexibility index (Phi) is 7.14. The third-order valence-electron chi connectivity index (χ3n) is 4.85. The first-order valence-electron chi connectivity index (χ1n) is 9.41. The Hall–Kier alpha value is -3.10. The normalized spacial score (nSPS) is 15.9. The van der Waals surface area contributed by atoms with E-state index in [1.54, 1.807) is 54.4 Å². The Bertz CT molecular complexity index is 1040. The van der Waals surface area contributed by atoms with E-state index in [-0.39, 0.29) is 12.5 Å². The van der Waals surface area contributed by atoms with Crippen LogP contribution in [-0.4, -0.2) is 42.7 Å². The number of benzene rings is 2. The molecule has 3 rings (SSSR count). The highest BCUT2D eigenvalue weighted by Gasteiger charge is 2.33. The van der Waals surface area contributed by atoms with E-state index >= 15 is 0 Å². The van der Waals surface area contributed by atoms with Crippen LogP contribution in [0.1, 0.15) is 18.5 Å². The summed E-state index contributed by atoms with van der Waals surface area (Å²) in [5.74, 6) is -0.227. The Morgan fingerprint density at radius 2 is 1.94 bits per heavy atom. The number of amides is 1. The summed E-state index contributed by atoms with van der Waals surface area (Å²) in [5, 5.41) is 7.04. The first-order valence-corrected chi connectivity index (χ1v) is 10.2. The van der Waals surface area contributed by atoms with Gasteiger partial charge in [-0.1, -0.05) is 23.7 Å². The molecule has 1 heterocycles. The van der Waals surface area contributed by atoms with E-state index in [0.29, 0.717) is 32.8 Å². The zero-order valence-corrected chi connectivity index (χ0v) is 18.8. The van der Waals surface area contributed by atoms with E-state index in [2.05, 4.69) is 10.6 Å². The second kappa shape index (κ2) is 9.80. The summed E-state index contributed by atoms with van der Waals surface area (Å²) in [5.41, 5.74) is 2.47. The lowest BCUT2D eigenvalue weighted by atomic mass is 9.95. The van der Waals surface area contributed by atoms with Crippen molar-refractivity contribution >= 4 is 46.5 Å². The fourth-order valence-electron chi connectivity index (χ4n) is 3.13. The van der Waals surface area contributed by atoms with E-state index in [1.165, 1.54) is 7.11 Å². The number of nitrogens with one attached hydrogen (secondary N) is 2. The minimum absolute atomic E-state index is 0.158. The van der Waals surface area contributed by atoms with E-state index in [0.717, 1.165) is 5.56 Å². The largest absolute Gasteiger partial charge is 0.484 e. The topological polar surface area (TPSA) is 79.9 Å². The number of esters is 1. The van der Waals surface area contributed by atoms with Crippen LogP contribution in [0.25, 0.3) is 0 Å². The van der Waals surface area contributed by atoms with Gasteiger partial charge in [-0.3, -0.25) is 4.79 Å². The van der Waals surface area contributed by atoms with Crippen molar-refractivity contribution in [3.8, 4) is 5.75 Å². The highest BCUT2D eigenvalue weighted by molar-refractivity contribution is 7.80. The molecule has 0 spiro atoms. The SMILES string of the molecule is COC(=O)C1=C(C)N(C)C(=S)NC1c1cccc(NC(=O)COc2ccc(Cl)cc2)c1. The van der Waals surface area contributed by atoms with Crippen molar-refractivity contribution in [3.05, 3.63) is 70.4 Å². The summed E-state index contributed by atoms with van der Waals surface area (Å²) in [6, 6.07) is 13.4. The van der Waals surface area contributed by atoms with Crippen molar-refractivity contribution in [2.24, 2.45) is 0 Å². The van der Waals surface area contributed by atoms with Gasteiger partial charge in [0.15, 0.2) is 11.7 Å². The number of carbonyl (C=O) groups is 2. The van der Waals surface area contributed by atoms with Crippen molar-refractivity contribution in [2.75, 3.05) is 26.1 Å². The van der Waals surface area contributed by atoms with E-state index < -0.39 is 12.0 Å². The minimum atomic E-state index is -0.502. The Balaban J connectivity index is 1.75. The molecule has 0 saturated carbocycles. The molecule has 0 fully saturated rings. The van der Waals surface area contributed by atoms with Gasteiger partial charge in [0.25, 0.3) is 5.91 Å². The van der Waals surface area contributed by atoms with Gasteiger partial charge in [-0.2, -0.15) is 0 Å². The number of hydrogen-bond acceptors (Lipinski definition) is 5. The second-order valence-corrected chi connectivity index (χ2v) is 7.67. The van der Waals surface area contributed by atoms with Crippen LogP contribution in [0.4, 0.5) is 5.69 Å². The lowest BCUT2D eigenvalue weighted by molar-refractivity contribution is -0.136. The molecule has 0 bridgehead atoms. The summed E-state index contributed by atoms with van der Waals surface area (Å²) >= 11 is 11.2. The van der Waals surface area contributed by atoms with Gasteiger partial charge >= 0.3 is 5.97 Å². The predicted molar refractivity (Wildman–Crippen MR) is 123 cm³/mol. The van der Waals surface area contributed by atoms with Gasteiger partial charge in [0.05, 0.1) is 18.7 Å². The van der Waals surface area contributed by atoms with E-state index in [9.17, 15) is 9.59 Å². The van der Waals surface area contributed by atoms with Crippen LogP contribution in [0.5, 0.6) is 5.75 Å². The first kappa shape index (κ1) is 22.6. The molecule has 0 radical (unpaired) electrons. The molecule has 2 N–H and O–H groups in total. The van der Waals surface area contributed by atoms with Crippen LogP contribution in [0, 0.1) is 0 Å². The molecular formula is C22H22ClN3O4S. The molecule has 7 nitrogen and oxygen atoms in total. The van der Waals surface area contributed by atoms with Gasteiger partial charge in [-0.25, -0.2) is 4.79 Å². The number of nitrogens with zero attached hydrogens (tertiary/aromatic N) is 1. The van der Waals surface area contributed by atoms with Crippen LogP contribution in [-0.2, 0) is 14.3 Å². The van der Waals surface area contributed by atoms with Gasteiger partial charge in [-0.15, -0.1) is 0 Å². The van der Waals surface area contributed by atoms with Gasteiger partial charge in [0, 0.05) is 23.5 Å². The van der Waals surface area contributed by atoms with Gasteiger partial charge in [-0.05, 0) is 61.1 Å². The first-order chi connectivity index (χ1) is 14.8. The molecule has 1 unspecified atom stereocenters. The zero-order chi connectivity index (χ0) is 22.5. The van der Waals surface area contributed by atoms with Crippen molar-refractivity contribution in [2.45, 2.75) is 13.0 Å². The lowest BCUT2D eigenvalue weighted by Crippen LogP contribution is -2.46. The van der Waals surface area contributed by atoms with Gasteiger partial charge in [0.2, 0.25) is 0 Å². The maximum atomic E-state index is 12.4. The van der Waals surface area contributed by atoms with E-state index in [1.807, 2.05) is 13.0 Å². The molecule has 1 atom stereocenters. The Morgan fingerprint density at radius 1 is 1.23 bits per heavy atom. The van der Waals surface area contributed by atoms with Gasteiger partial charge in [0.1, 0.15) is 5.75 Å². The molecule has 0 saturated heterocycles. The maximum absolute atomic E-state index is 12.4. The Morgan fingerprint density at radius 3 is 2.61 bits per heavy atom. The quantitative estimate of drug-likeness (QED) is 0.504. The number of hydrogen-bond donors (Lipinski definition) is 2. The van der Waals surface area contributed by atoms with Crippen molar-refractivity contribution in [1.82, 2.24) is 10.2 Å². The summed E-state index contributed by atoms with van der Waals surface area (Å²) in [6.45, 7) is 1.65. The van der Waals surface area contributed by atoms with Crippen LogP contribution in [0.2, 0.25) is 5.02 Å². The van der Waals surface area contributed by atoms with Gasteiger partial charge < -0.3 is 25.0 Å². The molecule has 31 heavy (non-hydrogen) atoms. The highest BCUT2D eigenvalue weighted by Crippen LogP contribution is 2.31. The number of rotatable bonds is 6.